The molecule has 228 valence electrons. The zero-order valence-electron chi connectivity index (χ0n) is 22.5. The van der Waals surface area contributed by atoms with Crippen LogP contribution < -0.4 is 15.4 Å². The monoisotopic (exact) mass is 604 g/mol. The van der Waals surface area contributed by atoms with Crippen LogP contribution in [0.5, 0.6) is 5.75 Å². The van der Waals surface area contributed by atoms with E-state index in [-0.39, 0.29) is 18.0 Å². The zero-order valence-corrected chi connectivity index (χ0v) is 22.5. The van der Waals surface area contributed by atoms with Gasteiger partial charge in [-0.1, -0.05) is 20.8 Å². The SMILES string of the molecule is CC(C)(C)C(NC(=O)C(F)(F)F)C(=O)N1CC(C(F)(F)F)CC1C(=O)N1CC2(CC1C#N)Oc1cccnc1NC2=O. The lowest BCUT2D eigenvalue weighted by Gasteiger charge is -2.37. The number of carbonyl (C=O) groups is 4. The first-order chi connectivity index (χ1) is 19.3. The maximum Gasteiger partial charge on any atom is 0.471 e. The minimum atomic E-state index is -5.39. The molecule has 17 heteroatoms. The topological polar surface area (TPSA) is 145 Å². The number of likely N-dealkylation sites (tertiary alicyclic amines) is 2. The Morgan fingerprint density at radius 2 is 1.86 bits per heavy atom. The Hall–Kier alpha value is -4.10. The van der Waals surface area contributed by atoms with Crippen molar-refractivity contribution in [2.24, 2.45) is 11.3 Å². The van der Waals surface area contributed by atoms with Crippen LogP contribution in [0.1, 0.15) is 33.6 Å². The molecular formula is C25H26F6N6O5. The van der Waals surface area contributed by atoms with Gasteiger partial charge in [0.1, 0.15) is 18.1 Å². The predicted molar refractivity (Wildman–Crippen MR) is 129 cm³/mol. The number of pyridine rings is 1. The smallest absolute Gasteiger partial charge is 0.471 e. The summed E-state index contributed by atoms with van der Waals surface area (Å²) in [7, 11) is 0. The van der Waals surface area contributed by atoms with E-state index in [4.69, 9.17) is 4.74 Å². The van der Waals surface area contributed by atoms with Gasteiger partial charge in [-0.2, -0.15) is 31.6 Å². The van der Waals surface area contributed by atoms with Gasteiger partial charge in [0.25, 0.3) is 5.91 Å². The molecular weight excluding hydrogens is 578 g/mol. The van der Waals surface area contributed by atoms with Crippen molar-refractivity contribution < 1.29 is 50.3 Å². The molecule has 4 rings (SSSR count). The molecule has 3 aliphatic heterocycles. The number of amides is 4. The summed E-state index contributed by atoms with van der Waals surface area (Å²) in [6.45, 7) is 2.25. The maximum atomic E-state index is 13.8. The van der Waals surface area contributed by atoms with Gasteiger partial charge in [-0.25, -0.2) is 4.98 Å². The molecule has 0 aromatic carbocycles. The summed E-state index contributed by atoms with van der Waals surface area (Å²) < 4.78 is 86.4. The average molecular weight is 605 g/mol. The van der Waals surface area contributed by atoms with Crippen LogP contribution >= 0.6 is 0 Å². The molecule has 5 atom stereocenters. The molecule has 4 amide bonds. The summed E-state index contributed by atoms with van der Waals surface area (Å²) in [5.41, 5.74) is -3.21. The fourth-order valence-electron chi connectivity index (χ4n) is 5.27. The number of hydrogen-bond donors (Lipinski definition) is 2. The van der Waals surface area contributed by atoms with Crippen LogP contribution in [0.2, 0.25) is 0 Å². The fourth-order valence-corrected chi connectivity index (χ4v) is 5.27. The third-order valence-corrected chi connectivity index (χ3v) is 7.46. The van der Waals surface area contributed by atoms with Gasteiger partial charge in [-0.3, -0.25) is 19.2 Å². The Morgan fingerprint density at radius 1 is 1.19 bits per heavy atom. The molecule has 1 aromatic heterocycles. The van der Waals surface area contributed by atoms with Gasteiger partial charge >= 0.3 is 18.3 Å². The highest BCUT2D eigenvalue weighted by atomic mass is 19.4. The maximum absolute atomic E-state index is 13.8. The van der Waals surface area contributed by atoms with Crippen LogP contribution in [0, 0.1) is 22.7 Å². The number of halogens is 6. The molecule has 42 heavy (non-hydrogen) atoms. The summed E-state index contributed by atoms with van der Waals surface area (Å²) >= 11 is 0. The van der Waals surface area contributed by atoms with E-state index in [9.17, 15) is 50.8 Å². The molecule has 2 saturated heterocycles. The Kier molecular flexibility index (Phi) is 7.58. The van der Waals surface area contributed by atoms with Crippen LogP contribution in [-0.2, 0) is 19.2 Å². The standard InChI is InChI=1S/C25H26F6N6O5/c1-22(2,3)16(34-21(41)25(29,30)31)19(39)36-10-12(24(26,27)28)7-14(36)18(38)37-11-23(8-13(37)9-32)20(40)35-17-15(42-23)5-4-6-33-17/h4-6,12-14,16H,7-8,10-11H2,1-3H3,(H,34,41)(H,33,35,40). The van der Waals surface area contributed by atoms with Crippen LogP contribution in [-0.4, -0.2) is 87.6 Å². The molecule has 2 N–H and O–H groups in total. The normalized spacial score (nSPS) is 26.7. The van der Waals surface area contributed by atoms with E-state index in [1.807, 2.05) is 6.07 Å². The summed E-state index contributed by atoms with van der Waals surface area (Å²) in [6.07, 6.45) is -10.2. The zero-order chi connectivity index (χ0) is 31.4. The van der Waals surface area contributed by atoms with Gasteiger partial charge in [0.15, 0.2) is 11.6 Å². The molecule has 5 unspecified atom stereocenters. The number of rotatable bonds is 3. The van der Waals surface area contributed by atoms with Gasteiger partial charge in [0.2, 0.25) is 17.4 Å². The number of aromatic nitrogens is 1. The van der Waals surface area contributed by atoms with Crippen LogP contribution in [0.15, 0.2) is 18.3 Å². The van der Waals surface area contributed by atoms with Gasteiger partial charge in [-0.05, 0) is 24.0 Å². The van der Waals surface area contributed by atoms with Gasteiger partial charge in [-0.15, -0.1) is 0 Å². The number of nitrogens with zero attached hydrogens (tertiary/aromatic N) is 4. The molecule has 0 radical (unpaired) electrons. The molecule has 4 heterocycles. The molecule has 0 bridgehead atoms. The van der Waals surface area contributed by atoms with E-state index in [2.05, 4.69) is 10.3 Å². The molecule has 1 spiro atoms. The highest BCUT2D eigenvalue weighted by Crippen LogP contribution is 2.42. The van der Waals surface area contributed by atoms with Gasteiger partial charge < -0.3 is 25.2 Å². The van der Waals surface area contributed by atoms with Crippen LogP contribution in [0.25, 0.3) is 0 Å². The number of carbonyl (C=O) groups excluding carboxylic acids is 4. The minimum absolute atomic E-state index is 0.0844. The Balaban J connectivity index is 1.66. The van der Waals surface area contributed by atoms with Gasteiger partial charge in [0.05, 0.1) is 18.5 Å². The number of ether oxygens (including phenoxy) is 1. The third-order valence-electron chi connectivity index (χ3n) is 7.46. The summed E-state index contributed by atoms with van der Waals surface area (Å²) in [5.74, 6) is -7.70. The molecule has 11 nitrogen and oxygen atoms in total. The quantitative estimate of drug-likeness (QED) is 0.503. The molecule has 0 saturated carbocycles. The highest BCUT2D eigenvalue weighted by Gasteiger charge is 2.59. The van der Waals surface area contributed by atoms with E-state index < -0.39 is 90.6 Å². The van der Waals surface area contributed by atoms with Crippen molar-refractivity contribution >= 4 is 29.4 Å². The number of nitrogens with one attached hydrogen (secondary N) is 2. The first kappa shape index (κ1) is 30.8. The van der Waals surface area contributed by atoms with Crippen molar-refractivity contribution in [1.82, 2.24) is 20.1 Å². The number of fused-ring (bicyclic) bond motifs is 1. The van der Waals surface area contributed by atoms with E-state index in [1.165, 1.54) is 39.1 Å². The Labute approximate surface area is 235 Å². The fraction of sp³-hybridized carbons (Fsp3) is 0.600. The molecule has 0 aliphatic carbocycles. The second kappa shape index (κ2) is 10.3. The number of alkyl halides is 6. The summed E-state index contributed by atoms with van der Waals surface area (Å²) in [6, 6.07) is -0.357. The number of anilines is 1. The van der Waals surface area contributed by atoms with E-state index in [1.54, 1.807) is 5.32 Å². The average Bonchev–Trinajstić information content (AvgIpc) is 3.49. The summed E-state index contributed by atoms with van der Waals surface area (Å²) in [5, 5.41) is 13.9. The Morgan fingerprint density at radius 3 is 2.43 bits per heavy atom. The van der Waals surface area contributed by atoms with Crippen molar-refractivity contribution in [3.63, 3.8) is 0 Å². The second-order valence-corrected chi connectivity index (χ2v) is 11.5. The van der Waals surface area contributed by atoms with Crippen molar-refractivity contribution in [2.45, 2.75) is 69.7 Å². The summed E-state index contributed by atoms with van der Waals surface area (Å²) in [4.78, 5) is 57.3. The van der Waals surface area contributed by atoms with E-state index in [0.29, 0.717) is 4.90 Å². The van der Waals surface area contributed by atoms with Crippen molar-refractivity contribution in [1.29, 1.82) is 5.26 Å². The third kappa shape index (κ3) is 5.66. The van der Waals surface area contributed by atoms with E-state index in [0.717, 1.165) is 4.90 Å². The highest BCUT2D eigenvalue weighted by molar-refractivity contribution is 6.01. The first-order valence-electron chi connectivity index (χ1n) is 12.7. The van der Waals surface area contributed by atoms with Crippen LogP contribution in [0.3, 0.4) is 0 Å². The molecule has 1 aromatic rings. The van der Waals surface area contributed by atoms with Crippen molar-refractivity contribution in [3.8, 4) is 11.8 Å². The Bertz CT molecular complexity index is 1340. The molecule has 3 aliphatic rings. The number of nitriles is 1. The lowest BCUT2D eigenvalue weighted by molar-refractivity contribution is -0.177. The lowest BCUT2D eigenvalue weighted by atomic mass is 9.85. The van der Waals surface area contributed by atoms with Gasteiger partial charge in [0, 0.05) is 19.2 Å². The first-order valence-corrected chi connectivity index (χ1v) is 12.7. The molecule has 2 fully saturated rings. The number of hydrogen-bond acceptors (Lipinski definition) is 7. The predicted octanol–water partition coefficient (Wildman–Crippen LogP) is 2.15. The van der Waals surface area contributed by atoms with Crippen LogP contribution in [0.4, 0.5) is 32.2 Å². The lowest BCUT2D eigenvalue weighted by Crippen LogP contribution is -2.60. The van der Waals surface area contributed by atoms with Crippen molar-refractivity contribution in [2.75, 3.05) is 18.4 Å². The van der Waals surface area contributed by atoms with Crippen molar-refractivity contribution in [3.05, 3.63) is 18.3 Å². The minimum Gasteiger partial charge on any atom is -0.472 e. The largest absolute Gasteiger partial charge is 0.472 e. The second-order valence-electron chi connectivity index (χ2n) is 11.5. The van der Waals surface area contributed by atoms with E-state index >= 15 is 0 Å².